The summed E-state index contributed by atoms with van der Waals surface area (Å²) in [6.45, 7) is 0.0758. The van der Waals surface area contributed by atoms with Gasteiger partial charge in [0.15, 0.2) is 11.0 Å². The van der Waals surface area contributed by atoms with Gasteiger partial charge in [0.2, 0.25) is 0 Å². The van der Waals surface area contributed by atoms with Crippen LogP contribution in [0.1, 0.15) is 11.4 Å². The molecule has 0 saturated carbocycles. The van der Waals surface area contributed by atoms with Crippen molar-refractivity contribution >= 4 is 58.3 Å². The standard InChI is InChI=1S/C23H17Cl3FN5OS/c24-15-3-8-18(9-4-15)29-22(33)28-12-21-30-31-23(34-13-14-1-6-17(27)7-2-14)32(21)20-11-16(25)5-10-19(20)26/h1-11H,12-13H2,(H2,28,29,33). The number of halogens is 4. The molecule has 3 aromatic carbocycles. The largest absolute Gasteiger partial charge is 0.331 e. The molecule has 1 heterocycles. The highest BCUT2D eigenvalue weighted by Gasteiger charge is 2.18. The molecular formula is C23H17Cl3FN5OS. The summed E-state index contributed by atoms with van der Waals surface area (Å²) in [4.78, 5) is 12.4. The molecule has 11 heteroatoms. The Kier molecular flexibility index (Phi) is 7.95. The number of hydrogen-bond acceptors (Lipinski definition) is 4. The third-order valence-electron chi connectivity index (χ3n) is 4.64. The summed E-state index contributed by atoms with van der Waals surface area (Å²) < 4.78 is 15.0. The maximum Gasteiger partial charge on any atom is 0.319 e. The van der Waals surface area contributed by atoms with Crippen LogP contribution in [0.5, 0.6) is 0 Å². The van der Waals surface area contributed by atoms with E-state index in [2.05, 4.69) is 20.8 Å². The minimum absolute atomic E-state index is 0.0758. The van der Waals surface area contributed by atoms with E-state index in [4.69, 9.17) is 34.8 Å². The van der Waals surface area contributed by atoms with Crippen LogP contribution in [0.25, 0.3) is 5.69 Å². The molecule has 4 aromatic rings. The van der Waals surface area contributed by atoms with Crippen molar-refractivity contribution in [3.63, 3.8) is 0 Å². The number of thioether (sulfide) groups is 1. The Morgan fingerprint density at radius 1 is 0.941 bits per heavy atom. The van der Waals surface area contributed by atoms with Crippen molar-refractivity contribution in [2.75, 3.05) is 5.32 Å². The number of hydrogen-bond donors (Lipinski definition) is 2. The second-order valence-corrected chi connectivity index (χ2v) is 9.28. The highest BCUT2D eigenvalue weighted by Crippen LogP contribution is 2.31. The Labute approximate surface area is 214 Å². The molecule has 2 N–H and O–H groups in total. The highest BCUT2D eigenvalue weighted by atomic mass is 35.5. The molecule has 34 heavy (non-hydrogen) atoms. The van der Waals surface area contributed by atoms with Gasteiger partial charge in [0.1, 0.15) is 5.82 Å². The number of benzene rings is 3. The average molecular weight is 537 g/mol. The van der Waals surface area contributed by atoms with Gasteiger partial charge in [0.05, 0.1) is 17.3 Å². The lowest BCUT2D eigenvalue weighted by atomic mass is 10.2. The number of amides is 2. The van der Waals surface area contributed by atoms with E-state index in [1.807, 2.05) is 0 Å². The van der Waals surface area contributed by atoms with Crippen molar-refractivity contribution in [1.82, 2.24) is 20.1 Å². The summed E-state index contributed by atoms with van der Waals surface area (Å²) in [6.07, 6.45) is 0. The van der Waals surface area contributed by atoms with E-state index >= 15 is 0 Å². The fourth-order valence-electron chi connectivity index (χ4n) is 3.00. The van der Waals surface area contributed by atoms with Crippen LogP contribution in [0.3, 0.4) is 0 Å². The lowest BCUT2D eigenvalue weighted by Crippen LogP contribution is -2.29. The fourth-order valence-corrected chi connectivity index (χ4v) is 4.42. The highest BCUT2D eigenvalue weighted by molar-refractivity contribution is 7.98. The van der Waals surface area contributed by atoms with Crippen molar-refractivity contribution < 1.29 is 9.18 Å². The molecule has 1 aromatic heterocycles. The normalized spacial score (nSPS) is 10.8. The Balaban J connectivity index is 1.55. The van der Waals surface area contributed by atoms with E-state index in [1.165, 1.54) is 23.9 Å². The predicted octanol–water partition coefficient (Wildman–Crippen LogP) is 6.98. The van der Waals surface area contributed by atoms with Crippen molar-refractivity contribution in [2.24, 2.45) is 0 Å². The van der Waals surface area contributed by atoms with E-state index in [9.17, 15) is 9.18 Å². The molecule has 4 rings (SSSR count). The summed E-state index contributed by atoms with van der Waals surface area (Å²) in [6, 6.07) is 17.6. The van der Waals surface area contributed by atoms with Gasteiger partial charge in [-0.25, -0.2) is 9.18 Å². The van der Waals surface area contributed by atoms with Crippen molar-refractivity contribution in [3.8, 4) is 5.69 Å². The van der Waals surface area contributed by atoms with E-state index in [0.717, 1.165) is 5.56 Å². The predicted molar refractivity (Wildman–Crippen MR) is 135 cm³/mol. The van der Waals surface area contributed by atoms with Gasteiger partial charge >= 0.3 is 6.03 Å². The van der Waals surface area contributed by atoms with Crippen molar-refractivity contribution in [2.45, 2.75) is 17.5 Å². The molecule has 0 aliphatic rings. The van der Waals surface area contributed by atoms with E-state index in [-0.39, 0.29) is 12.4 Å². The molecule has 0 aliphatic heterocycles. The number of nitrogens with zero attached hydrogens (tertiary/aromatic N) is 3. The molecule has 0 aliphatic carbocycles. The van der Waals surface area contributed by atoms with Crippen LogP contribution < -0.4 is 10.6 Å². The topological polar surface area (TPSA) is 71.8 Å². The first-order valence-corrected chi connectivity index (χ1v) is 12.1. The zero-order chi connectivity index (χ0) is 24.1. The zero-order valence-corrected chi connectivity index (χ0v) is 20.5. The average Bonchev–Trinajstić information content (AvgIpc) is 3.23. The zero-order valence-electron chi connectivity index (χ0n) is 17.4. The number of urea groups is 1. The van der Waals surface area contributed by atoms with E-state index < -0.39 is 6.03 Å². The third kappa shape index (κ3) is 6.21. The van der Waals surface area contributed by atoms with Crippen LogP contribution in [0.2, 0.25) is 15.1 Å². The monoisotopic (exact) mass is 535 g/mol. The van der Waals surface area contributed by atoms with Gasteiger partial charge in [0.25, 0.3) is 0 Å². The van der Waals surface area contributed by atoms with Gasteiger partial charge in [-0.2, -0.15) is 0 Å². The SMILES string of the molecule is O=C(NCc1nnc(SCc2ccc(F)cc2)n1-c1cc(Cl)ccc1Cl)Nc1ccc(Cl)cc1. The number of nitrogens with one attached hydrogen (secondary N) is 2. The van der Waals surface area contributed by atoms with E-state index in [0.29, 0.717) is 43.2 Å². The van der Waals surface area contributed by atoms with Gasteiger partial charge < -0.3 is 10.6 Å². The molecule has 0 atom stereocenters. The molecule has 0 saturated heterocycles. The number of aromatic nitrogens is 3. The second-order valence-electron chi connectivity index (χ2n) is 7.06. The summed E-state index contributed by atoms with van der Waals surface area (Å²) in [5, 5.41) is 16.1. The minimum Gasteiger partial charge on any atom is -0.331 e. The lowest BCUT2D eigenvalue weighted by molar-refractivity contribution is 0.251. The number of carbonyl (C=O) groups excluding carboxylic acids is 1. The first-order valence-electron chi connectivity index (χ1n) is 9.96. The van der Waals surface area contributed by atoms with Crippen LogP contribution >= 0.6 is 46.6 Å². The van der Waals surface area contributed by atoms with Gasteiger partial charge in [-0.15, -0.1) is 10.2 Å². The molecule has 0 bridgehead atoms. The van der Waals surface area contributed by atoms with Gasteiger partial charge in [-0.3, -0.25) is 4.57 Å². The van der Waals surface area contributed by atoms with Crippen LogP contribution in [-0.2, 0) is 12.3 Å². The Bertz CT molecular complexity index is 1300. The Morgan fingerprint density at radius 3 is 2.38 bits per heavy atom. The quantitative estimate of drug-likeness (QED) is 0.250. The maximum atomic E-state index is 13.2. The molecule has 0 fully saturated rings. The van der Waals surface area contributed by atoms with Gasteiger partial charge in [0, 0.05) is 21.5 Å². The van der Waals surface area contributed by atoms with Gasteiger partial charge in [-0.05, 0) is 60.2 Å². The Hall–Kier alpha value is -2.78. The summed E-state index contributed by atoms with van der Waals surface area (Å²) in [7, 11) is 0. The molecule has 0 spiro atoms. The number of carbonyl (C=O) groups is 1. The van der Waals surface area contributed by atoms with Crippen molar-refractivity contribution in [1.29, 1.82) is 0 Å². The summed E-state index contributed by atoms with van der Waals surface area (Å²) in [5.74, 6) is 0.686. The van der Waals surface area contributed by atoms with Crippen molar-refractivity contribution in [3.05, 3.63) is 99.0 Å². The smallest absolute Gasteiger partial charge is 0.319 e. The first-order chi connectivity index (χ1) is 16.4. The molecule has 6 nitrogen and oxygen atoms in total. The van der Waals surface area contributed by atoms with Crippen LogP contribution in [-0.4, -0.2) is 20.8 Å². The van der Waals surface area contributed by atoms with Crippen LogP contribution in [0, 0.1) is 5.82 Å². The van der Waals surface area contributed by atoms with Crippen LogP contribution in [0.15, 0.2) is 71.9 Å². The first kappa shape index (κ1) is 24.3. The van der Waals surface area contributed by atoms with Crippen LogP contribution in [0.4, 0.5) is 14.9 Å². The third-order valence-corrected chi connectivity index (χ3v) is 6.45. The summed E-state index contributed by atoms with van der Waals surface area (Å²) >= 11 is 19.9. The second kappa shape index (κ2) is 11.1. The molecule has 2 amide bonds. The Morgan fingerprint density at radius 2 is 1.65 bits per heavy atom. The van der Waals surface area contributed by atoms with E-state index in [1.54, 1.807) is 59.2 Å². The number of anilines is 1. The maximum absolute atomic E-state index is 13.2. The minimum atomic E-state index is -0.422. The fraction of sp³-hybridized carbons (Fsp3) is 0.0870. The molecule has 174 valence electrons. The molecular weight excluding hydrogens is 520 g/mol. The van der Waals surface area contributed by atoms with Gasteiger partial charge in [-0.1, -0.05) is 58.7 Å². The number of rotatable bonds is 7. The summed E-state index contributed by atoms with van der Waals surface area (Å²) in [5.41, 5.74) is 2.09. The molecule has 0 unspecified atom stereocenters. The molecule has 0 radical (unpaired) electrons. The lowest BCUT2D eigenvalue weighted by Gasteiger charge is -2.13.